The lowest BCUT2D eigenvalue weighted by Crippen LogP contribution is -2.22. The average molecular weight is 250 g/mol. The highest BCUT2D eigenvalue weighted by molar-refractivity contribution is 6.76. The molecule has 0 spiro atoms. The summed E-state index contributed by atoms with van der Waals surface area (Å²) < 4.78 is 5.24. The van der Waals surface area contributed by atoms with Crippen LogP contribution in [-0.4, -0.2) is 20.7 Å². The van der Waals surface area contributed by atoms with Crippen LogP contribution in [0, 0.1) is 0 Å². The van der Waals surface area contributed by atoms with E-state index in [0.29, 0.717) is 13.0 Å². The summed E-state index contributed by atoms with van der Waals surface area (Å²) in [6.07, 6.45) is 1.25. The molecule has 0 N–H and O–H groups in total. The van der Waals surface area contributed by atoms with E-state index in [4.69, 9.17) is 4.74 Å². The molecule has 1 aromatic rings. The van der Waals surface area contributed by atoms with Gasteiger partial charge in [-0.3, -0.25) is 4.79 Å². The first-order chi connectivity index (χ1) is 7.97. The molecule has 0 bridgehead atoms. The minimum atomic E-state index is -1.09. The van der Waals surface area contributed by atoms with Crippen LogP contribution in [0.15, 0.2) is 30.3 Å². The lowest BCUT2D eigenvalue weighted by Gasteiger charge is -2.15. The molecule has 94 valence electrons. The maximum absolute atomic E-state index is 11.5. The van der Waals surface area contributed by atoms with Gasteiger partial charge < -0.3 is 4.74 Å². The number of carbonyl (C=O) groups is 1. The molecule has 1 aromatic carbocycles. The number of ether oxygens (including phenoxy) is 1. The summed E-state index contributed by atoms with van der Waals surface area (Å²) in [5, 5.41) is 0. The Labute approximate surface area is 105 Å². The molecule has 0 heterocycles. The van der Waals surface area contributed by atoms with E-state index < -0.39 is 8.07 Å². The van der Waals surface area contributed by atoms with E-state index >= 15 is 0 Å². The van der Waals surface area contributed by atoms with Crippen molar-refractivity contribution in [2.45, 2.75) is 38.5 Å². The fourth-order valence-electron chi connectivity index (χ4n) is 1.43. The van der Waals surface area contributed by atoms with E-state index in [1.807, 2.05) is 30.3 Å². The monoisotopic (exact) mass is 250 g/mol. The molecule has 1 rings (SSSR count). The first-order valence-electron chi connectivity index (χ1n) is 6.17. The van der Waals surface area contributed by atoms with E-state index in [0.717, 1.165) is 12.5 Å². The SMILES string of the molecule is C[Si](C)(C)CCOC(=O)CCc1ccccc1. The summed E-state index contributed by atoms with van der Waals surface area (Å²) in [5.74, 6) is -0.0768. The van der Waals surface area contributed by atoms with Crippen molar-refractivity contribution in [2.75, 3.05) is 6.61 Å². The second kappa shape index (κ2) is 6.60. The lowest BCUT2D eigenvalue weighted by molar-refractivity contribution is -0.143. The van der Waals surface area contributed by atoms with Crippen molar-refractivity contribution in [3.8, 4) is 0 Å². The van der Waals surface area contributed by atoms with Crippen LogP contribution < -0.4 is 0 Å². The molecule has 0 aromatic heterocycles. The van der Waals surface area contributed by atoms with Crippen LogP contribution in [-0.2, 0) is 16.0 Å². The van der Waals surface area contributed by atoms with E-state index in [-0.39, 0.29) is 5.97 Å². The van der Waals surface area contributed by atoms with Gasteiger partial charge in [-0.15, -0.1) is 0 Å². The third kappa shape index (κ3) is 6.95. The zero-order valence-electron chi connectivity index (χ0n) is 11.0. The molecule has 0 aliphatic rings. The molecule has 2 nitrogen and oxygen atoms in total. The maximum atomic E-state index is 11.5. The van der Waals surface area contributed by atoms with Gasteiger partial charge in [-0.25, -0.2) is 0 Å². The highest BCUT2D eigenvalue weighted by Crippen LogP contribution is 2.08. The Balaban J connectivity index is 2.18. The van der Waals surface area contributed by atoms with E-state index in [2.05, 4.69) is 19.6 Å². The smallest absolute Gasteiger partial charge is 0.306 e. The Morgan fingerprint density at radius 2 is 1.82 bits per heavy atom. The molecule has 0 aliphatic carbocycles. The average Bonchev–Trinajstić information content (AvgIpc) is 2.26. The Morgan fingerprint density at radius 1 is 1.18 bits per heavy atom. The molecule has 0 saturated carbocycles. The summed E-state index contributed by atoms with van der Waals surface area (Å²) in [4.78, 5) is 11.5. The Bertz CT molecular complexity index is 341. The predicted octanol–water partition coefficient (Wildman–Crippen LogP) is 3.50. The van der Waals surface area contributed by atoms with E-state index in [1.54, 1.807) is 0 Å². The number of hydrogen-bond acceptors (Lipinski definition) is 2. The van der Waals surface area contributed by atoms with Gasteiger partial charge in [-0.05, 0) is 18.0 Å². The number of aryl methyl sites for hydroxylation is 1. The van der Waals surface area contributed by atoms with Gasteiger partial charge in [0.15, 0.2) is 0 Å². The summed E-state index contributed by atoms with van der Waals surface area (Å²) in [7, 11) is -1.09. The van der Waals surface area contributed by atoms with Crippen molar-refractivity contribution in [3.05, 3.63) is 35.9 Å². The van der Waals surface area contributed by atoms with Crippen LogP contribution in [0.5, 0.6) is 0 Å². The van der Waals surface area contributed by atoms with Gasteiger partial charge in [0.2, 0.25) is 0 Å². The van der Waals surface area contributed by atoms with Gasteiger partial charge in [0.1, 0.15) is 0 Å². The molecule has 0 aliphatic heterocycles. The first-order valence-corrected chi connectivity index (χ1v) is 9.88. The lowest BCUT2D eigenvalue weighted by atomic mass is 10.1. The van der Waals surface area contributed by atoms with E-state index in [1.165, 1.54) is 5.56 Å². The Morgan fingerprint density at radius 3 is 2.41 bits per heavy atom. The van der Waals surface area contributed by atoms with Crippen LogP contribution >= 0.6 is 0 Å². The Kier molecular flexibility index (Phi) is 5.42. The van der Waals surface area contributed by atoms with Crippen molar-refractivity contribution in [2.24, 2.45) is 0 Å². The number of rotatable bonds is 6. The topological polar surface area (TPSA) is 26.3 Å². The van der Waals surface area contributed by atoms with Crippen LogP contribution in [0.3, 0.4) is 0 Å². The van der Waals surface area contributed by atoms with Crippen molar-refractivity contribution >= 4 is 14.0 Å². The highest BCUT2D eigenvalue weighted by atomic mass is 28.3. The van der Waals surface area contributed by atoms with Crippen LogP contribution in [0.4, 0.5) is 0 Å². The normalized spacial score (nSPS) is 11.2. The number of carbonyl (C=O) groups excluding carboxylic acids is 1. The fourth-order valence-corrected chi connectivity index (χ4v) is 2.15. The van der Waals surface area contributed by atoms with Gasteiger partial charge >= 0.3 is 5.97 Å². The van der Waals surface area contributed by atoms with Crippen molar-refractivity contribution in [3.63, 3.8) is 0 Å². The van der Waals surface area contributed by atoms with E-state index in [9.17, 15) is 4.79 Å². The first kappa shape index (κ1) is 14.0. The Hall–Kier alpha value is -1.09. The van der Waals surface area contributed by atoms with Gasteiger partial charge in [0.05, 0.1) is 6.61 Å². The maximum Gasteiger partial charge on any atom is 0.306 e. The molecule has 0 amide bonds. The second-order valence-corrected chi connectivity index (χ2v) is 11.1. The summed E-state index contributed by atoms with van der Waals surface area (Å²) in [6, 6.07) is 11.1. The fraction of sp³-hybridized carbons (Fsp3) is 0.500. The molecule has 0 saturated heterocycles. The second-order valence-electron chi connectivity index (χ2n) is 5.52. The van der Waals surface area contributed by atoms with Crippen molar-refractivity contribution in [1.82, 2.24) is 0 Å². The zero-order chi connectivity index (χ0) is 12.7. The van der Waals surface area contributed by atoms with Crippen molar-refractivity contribution in [1.29, 1.82) is 0 Å². The highest BCUT2D eigenvalue weighted by Gasteiger charge is 2.13. The van der Waals surface area contributed by atoms with Gasteiger partial charge in [0, 0.05) is 14.5 Å². The van der Waals surface area contributed by atoms with Crippen LogP contribution in [0.25, 0.3) is 0 Å². The summed E-state index contributed by atoms with van der Waals surface area (Å²) in [5.41, 5.74) is 1.19. The van der Waals surface area contributed by atoms with Gasteiger partial charge in [0.25, 0.3) is 0 Å². The van der Waals surface area contributed by atoms with Crippen LogP contribution in [0.1, 0.15) is 12.0 Å². The van der Waals surface area contributed by atoms with Crippen molar-refractivity contribution < 1.29 is 9.53 Å². The third-order valence-corrected chi connectivity index (χ3v) is 4.28. The minimum Gasteiger partial charge on any atom is -0.466 e. The molecule has 0 atom stereocenters. The van der Waals surface area contributed by atoms with Gasteiger partial charge in [-0.1, -0.05) is 50.0 Å². The molecular weight excluding hydrogens is 228 g/mol. The molecule has 0 fully saturated rings. The largest absolute Gasteiger partial charge is 0.466 e. The molecule has 17 heavy (non-hydrogen) atoms. The summed E-state index contributed by atoms with van der Waals surface area (Å²) in [6.45, 7) is 7.43. The zero-order valence-corrected chi connectivity index (χ0v) is 12.0. The van der Waals surface area contributed by atoms with Gasteiger partial charge in [-0.2, -0.15) is 0 Å². The summed E-state index contributed by atoms with van der Waals surface area (Å²) >= 11 is 0. The molecule has 3 heteroatoms. The third-order valence-electron chi connectivity index (χ3n) is 2.58. The number of esters is 1. The standard InChI is InChI=1S/C14H22O2Si/c1-17(2,3)12-11-16-14(15)10-9-13-7-5-4-6-8-13/h4-8H,9-12H2,1-3H3. The molecule has 0 unspecified atom stereocenters. The van der Waals surface area contributed by atoms with Crippen LogP contribution in [0.2, 0.25) is 25.7 Å². The number of benzene rings is 1. The molecule has 0 radical (unpaired) electrons. The number of hydrogen-bond donors (Lipinski definition) is 0. The quantitative estimate of drug-likeness (QED) is 0.570. The minimum absolute atomic E-state index is 0.0768. The molecular formula is C14H22O2Si. The predicted molar refractivity (Wildman–Crippen MR) is 73.9 cm³/mol.